The summed E-state index contributed by atoms with van der Waals surface area (Å²) >= 11 is 0. The average molecular weight is 359 g/mol. The van der Waals surface area contributed by atoms with E-state index in [2.05, 4.69) is 10.6 Å². The number of rotatable bonds is 5. The molecule has 140 valence electrons. The standard InChI is InChI=1S/C19H25N3O4/c1-11(2)20-19(26)21-14-5-3-4-13(8-14)17(23)22-9-15(12-6-7-12)16(10-22)18(24)25/h3-5,8,11-12,15-16H,6-7,9-10H2,1-2H3,(H,24,25)(H2,20,21,26)/t15-,16+/m1/s1. The van der Waals surface area contributed by atoms with Crippen molar-refractivity contribution in [1.29, 1.82) is 0 Å². The Hall–Kier alpha value is -2.57. The van der Waals surface area contributed by atoms with Gasteiger partial charge in [0.05, 0.1) is 5.92 Å². The summed E-state index contributed by atoms with van der Waals surface area (Å²) in [5.74, 6) is -1.01. The first-order valence-corrected chi connectivity index (χ1v) is 9.05. The molecule has 0 bridgehead atoms. The number of urea groups is 1. The van der Waals surface area contributed by atoms with Crippen LogP contribution in [0.3, 0.4) is 0 Å². The van der Waals surface area contributed by atoms with E-state index >= 15 is 0 Å². The molecular formula is C19H25N3O4. The number of carboxylic acids is 1. The highest BCUT2D eigenvalue weighted by atomic mass is 16.4. The Bertz CT molecular complexity index is 714. The van der Waals surface area contributed by atoms with Crippen LogP contribution in [0.15, 0.2) is 24.3 Å². The van der Waals surface area contributed by atoms with Crippen LogP contribution in [0.2, 0.25) is 0 Å². The number of hydrogen-bond donors (Lipinski definition) is 3. The topological polar surface area (TPSA) is 98.7 Å². The molecule has 7 heteroatoms. The highest BCUT2D eigenvalue weighted by molar-refractivity contribution is 5.97. The van der Waals surface area contributed by atoms with Crippen LogP contribution in [-0.2, 0) is 4.79 Å². The van der Waals surface area contributed by atoms with Crippen LogP contribution in [0, 0.1) is 17.8 Å². The van der Waals surface area contributed by atoms with Gasteiger partial charge in [-0.2, -0.15) is 0 Å². The van der Waals surface area contributed by atoms with Crippen molar-refractivity contribution in [2.75, 3.05) is 18.4 Å². The van der Waals surface area contributed by atoms with Crippen molar-refractivity contribution in [3.8, 4) is 0 Å². The van der Waals surface area contributed by atoms with E-state index in [0.29, 0.717) is 23.7 Å². The molecule has 0 unspecified atom stereocenters. The van der Waals surface area contributed by atoms with Gasteiger partial charge in [-0.1, -0.05) is 6.07 Å². The Kier molecular flexibility index (Phi) is 5.15. The van der Waals surface area contributed by atoms with Gasteiger partial charge in [-0.3, -0.25) is 9.59 Å². The third-order valence-corrected chi connectivity index (χ3v) is 4.98. The van der Waals surface area contributed by atoms with E-state index in [0.717, 1.165) is 12.8 Å². The molecule has 2 aliphatic rings. The molecule has 1 aliphatic carbocycles. The summed E-state index contributed by atoms with van der Waals surface area (Å²) in [6.07, 6.45) is 2.11. The molecule has 3 rings (SSSR count). The smallest absolute Gasteiger partial charge is 0.319 e. The lowest BCUT2D eigenvalue weighted by Crippen LogP contribution is -2.34. The van der Waals surface area contributed by atoms with E-state index in [1.165, 1.54) is 0 Å². The van der Waals surface area contributed by atoms with E-state index in [1.807, 2.05) is 13.8 Å². The van der Waals surface area contributed by atoms with Crippen molar-refractivity contribution in [3.63, 3.8) is 0 Å². The van der Waals surface area contributed by atoms with Crippen LogP contribution in [0.1, 0.15) is 37.0 Å². The summed E-state index contributed by atoms with van der Waals surface area (Å²) in [4.78, 5) is 37.8. The minimum Gasteiger partial charge on any atom is -0.481 e. The number of amides is 3. The van der Waals surface area contributed by atoms with Gasteiger partial charge in [-0.25, -0.2) is 4.79 Å². The molecule has 1 aromatic carbocycles. The van der Waals surface area contributed by atoms with Gasteiger partial charge in [-0.05, 0) is 56.7 Å². The lowest BCUT2D eigenvalue weighted by Gasteiger charge is -2.17. The van der Waals surface area contributed by atoms with E-state index in [4.69, 9.17) is 0 Å². The first-order chi connectivity index (χ1) is 12.3. The van der Waals surface area contributed by atoms with Crippen LogP contribution in [0.25, 0.3) is 0 Å². The van der Waals surface area contributed by atoms with Crippen molar-refractivity contribution in [2.45, 2.75) is 32.7 Å². The SMILES string of the molecule is CC(C)NC(=O)Nc1cccc(C(=O)N2C[C@H](C(=O)O)[C@@H](C3CC3)C2)c1. The van der Waals surface area contributed by atoms with Gasteiger partial charge in [0.2, 0.25) is 0 Å². The van der Waals surface area contributed by atoms with Crippen molar-refractivity contribution in [3.05, 3.63) is 29.8 Å². The third kappa shape index (κ3) is 4.15. The molecule has 0 radical (unpaired) electrons. The van der Waals surface area contributed by atoms with Crippen molar-refractivity contribution in [1.82, 2.24) is 10.2 Å². The second kappa shape index (κ2) is 7.35. The van der Waals surface area contributed by atoms with E-state index in [1.54, 1.807) is 29.2 Å². The molecule has 0 spiro atoms. The van der Waals surface area contributed by atoms with Crippen LogP contribution in [0.5, 0.6) is 0 Å². The number of benzene rings is 1. The Morgan fingerprint density at radius 2 is 1.92 bits per heavy atom. The maximum atomic E-state index is 12.8. The number of carboxylic acid groups (broad SMARTS) is 1. The summed E-state index contributed by atoms with van der Waals surface area (Å²) in [5.41, 5.74) is 0.981. The predicted octanol–water partition coefficient (Wildman–Crippen LogP) is 2.40. The summed E-state index contributed by atoms with van der Waals surface area (Å²) in [6.45, 7) is 4.47. The highest BCUT2D eigenvalue weighted by Crippen LogP contribution is 2.44. The predicted molar refractivity (Wildman–Crippen MR) is 97.0 cm³/mol. The number of carbonyl (C=O) groups is 3. The fourth-order valence-electron chi connectivity index (χ4n) is 3.60. The maximum Gasteiger partial charge on any atom is 0.319 e. The van der Waals surface area contributed by atoms with Gasteiger partial charge in [0, 0.05) is 30.4 Å². The van der Waals surface area contributed by atoms with Crippen molar-refractivity contribution >= 4 is 23.6 Å². The lowest BCUT2D eigenvalue weighted by molar-refractivity contribution is -0.142. The fraction of sp³-hybridized carbons (Fsp3) is 0.526. The van der Waals surface area contributed by atoms with E-state index in [9.17, 15) is 19.5 Å². The summed E-state index contributed by atoms with van der Waals surface area (Å²) < 4.78 is 0. The van der Waals surface area contributed by atoms with Crippen LogP contribution in [-0.4, -0.2) is 47.0 Å². The summed E-state index contributed by atoms with van der Waals surface area (Å²) in [6, 6.07) is 6.42. The number of likely N-dealkylation sites (tertiary alicyclic amines) is 1. The average Bonchev–Trinajstić information content (AvgIpc) is 3.31. The zero-order chi connectivity index (χ0) is 18.8. The van der Waals surface area contributed by atoms with Gasteiger partial charge in [0.1, 0.15) is 0 Å². The minimum atomic E-state index is -0.821. The number of carbonyl (C=O) groups excluding carboxylic acids is 2. The number of nitrogens with zero attached hydrogens (tertiary/aromatic N) is 1. The molecule has 3 amide bonds. The van der Waals surface area contributed by atoms with Crippen LogP contribution in [0.4, 0.5) is 10.5 Å². The normalized spacial score (nSPS) is 22.3. The second-order valence-corrected chi connectivity index (χ2v) is 7.49. The molecule has 0 aromatic heterocycles. The van der Waals surface area contributed by atoms with Gasteiger partial charge in [-0.15, -0.1) is 0 Å². The van der Waals surface area contributed by atoms with Gasteiger partial charge >= 0.3 is 12.0 Å². The highest BCUT2D eigenvalue weighted by Gasteiger charge is 2.46. The molecular weight excluding hydrogens is 334 g/mol. The Balaban J connectivity index is 1.69. The Morgan fingerprint density at radius 1 is 1.19 bits per heavy atom. The molecule has 7 nitrogen and oxygen atoms in total. The Labute approximate surface area is 152 Å². The fourth-order valence-corrected chi connectivity index (χ4v) is 3.60. The number of anilines is 1. The number of nitrogens with one attached hydrogen (secondary N) is 2. The molecule has 1 saturated heterocycles. The third-order valence-electron chi connectivity index (χ3n) is 4.98. The molecule has 1 saturated carbocycles. The summed E-state index contributed by atoms with van der Waals surface area (Å²) in [7, 11) is 0. The molecule has 26 heavy (non-hydrogen) atoms. The van der Waals surface area contributed by atoms with Gasteiger partial charge in [0.25, 0.3) is 5.91 Å². The van der Waals surface area contributed by atoms with E-state index < -0.39 is 11.9 Å². The van der Waals surface area contributed by atoms with Crippen LogP contribution >= 0.6 is 0 Å². The zero-order valence-electron chi connectivity index (χ0n) is 15.1. The van der Waals surface area contributed by atoms with E-state index in [-0.39, 0.29) is 30.4 Å². The zero-order valence-corrected chi connectivity index (χ0v) is 15.1. The first-order valence-electron chi connectivity index (χ1n) is 9.05. The number of hydrogen-bond acceptors (Lipinski definition) is 3. The van der Waals surface area contributed by atoms with Crippen LogP contribution < -0.4 is 10.6 Å². The second-order valence-electron chi connectivity index (χ2n) is 7.49. The molecule has 1 aromatic rings. The van der Waals surface area contributed by atoms with Crippen molar-refractivity contribution in [2.24, 2.45) is 17.8 Å². The molecule has 2 atom stereocenters. The molecule has 3 N–H and O–H groups in total. The molecule has 2 fully saturated rings. The summed E-state index contributed by atoms with van der Waals surface area (Å²) in [5, 5.41) is 14.9. The Morgan fingerprint density at radius 3 is 2.54 bits per heavy atom. The van der Waals surface area contributed by atoms with Gasteiger partial charge < -0.3 is 20.6 Å². The first kappa shape index (κ1) is 18.2. The van der Waals surface area contributed by atoms with Gasteiger partial charge in [0.15, 0.2) is 0 Å². The molecule has 1 heterocycles. The largest absolute Gasteiger partial charge is 0.481 e. The minimum absolute atomic E-state index is 0.0109. The lowest BCUT2D eigenvalue weighted by atomic mass is 9.92. The monoisotopic (exact) mass is 359 g/mol. The quantitative estimate of drug-likeness (QED) is 0.752. The molecule has 1 aliphatic heterocycles. The maximum absolute atomic E-state index is 12.8. The number of aliphatic carboxylic acids is 1. The van der Waals surface area contributed by atoms with Crippen molar-refractivity contribution < 1.29 is 19.5 Å².